The van der Waals surface area contributed by atoms with E-state index in [9.17, 15) is 9.59 Å². The van der Waals surface area contributed by atoms with Crippen molar-refractivity contribution in [3.63, 3.8) is 0 Å². The number of piperazine rings is 1. The molecule has 1 saturated heterocycles. The van der Waals surface area contributed by atoms with Crippen LogP contribution in [0.5, 0.6) is 5.75 Å². The third kappa shape index (κ3) is 5.45. The molecule has 0 unspecified atom stereocenters. The molecule has 0 saturated carbocycles. The quantitative estimate of drug-likeness (QED) is 0.743. The van der Waals surface area contributed by atoms with Crippen LogP contribution in [-0.2, 0) is 4.79 Å². The highest BCUT2D eigenvalue weighted by atomic mass is 35.5. The van der Waals surface area contributed by atoms with Gasteiger partial charge in [0.2, 0.25) is 5.91 Å². The summed E-state index contributed by atoms with van der Waals surface area (Å²) < 4.78 is 5.11. The summed E-state index contributed by atoms with van der Waals surface area (Å²) in [7, 11) is 1.59. The maximum absolute atomic E-state index is 12.4. The van der Waals surface area contributed by atoms with E-state index >= 15 is 0 Å². The van der Waals surface area contributed by atoms with Crippen LogP contribution in [0.15, 0.2) is 42.5 Å². The van der Waals surface area contributed by atoms with Gasteiger partial charge in [-0.25, -0.2) is 0 Å². The second-order valence-electron chi connectivity index (χ2n) is 7.81. The summed E-state index contributed by atoms with van der Waals surface area (Å²) in [6.45, 7) is 6.98. The summed E-state index contributed by atoms with van der Waals surface area (Å²) in [6, 6.07) is 12.4. The first kappa shape index (κ1) is 22.0. The number of hydrogen-bond acceptors (Lipinski definition) is 4. The van der Waals surface area contributed by atoms with Crippen molar-refractivity contribution in [1.29, 1.82) is 0 Å². The van der Waals surface area contributed by atoms with Gasteiger partial charge in [0.25, 0.3) is 5.91 Å². The van der Waals surface area contributed by atoms with E-state index in [4.69, 9.17) is 16.3 Å². The summed E-state index contributed by atoms with van der Waals surface area (Å²) in [5.74, 6) is 1.07. The highest BCUT2D eigenvalue weighted by Gasteiger charge is 2.23. The van der Waals surface area contributed by atoms with Crippen LogP contribution in [0.2, 0.25) is 5.02 Å². The van der Waals surface area contributed by atoms with E-state index in [1.807, 2.05) is 17.0 Å². The second-order valence-corrected chi connectivity index (χ2v) is 8.22. The molecule has 1 heterocycles. The van der Waals surface area contributed by atoms with Gasteiger partial charge in [-0.3, -0.25) is 9.59 Å². The Morgan fingerprint density at radius 1 is 1.07 bits per heavy atom. The molecular weight excluding hydrogens is 402 g/mol. The third-order valence-electron chi connectivity index (χ3n) is 5.11. The molecule has 0 spiro atoms. The maximum Gasteiger partial charge on any atom is 0.255 e. The average molecular weight is 430 g/mol. The second kappa shape index (κ2) is 9.85. The van der Waals surface area contributed by atoms with Gasteiger partial charge in [0, 0.05) is 43.9 Å². The first-order valence-electron chi connectivity index (χ1n) is 10.1. The standard InChI is InChI=1S/C23H28ClN3O3/c1-16(2)14-22(28)27-12-10-26(11-13-27)21-9-6-18(15-20(21)24)25-23(29)17-4-7-19(30-3)8-5-17/h4-9,15-16H,10-14H2,1-3H3,(H,25,29). The number of carbonyl (C=O) groups is 2. The number of rotatable bonds is 6. The fourth-order valence-corrected chi connectivity index (χ4v) is 3.76. The zero-order valence-electron chi connectivity index (χ0n) is 17.7. The van der Waals surface area contributed by atoms with Gasteiger partial charge in [0.05, 0.1) is 17.8 Å². The monoisotopic (exact) mass is 429 g/mol. The topological polar surface area (TPSA) is 61.9 Å². The van der Waals surface area contributed by atoms with Crippen molar-refractivity contribution >= 4 is 34.8 Å². The molecule has 0 aliphatic carbocycles. The van der Waals surface area contributed by atoms with Crippen molar-refractivity contribution in [2.45, 2.75) is 20.3 Å². The van der Waals surface area contributed by atoms with Gasteiger partial charge in [-0.2, -0.15) is 0 Å². The molecule has 3 rings (SSSR count). The smallest absolute Gasteiger partial charge is 0.255 e. The Kier molecular flexibility index (Phi) is 7.21. The molecule has 0 radical (unpaired) electrons. The summed E-state index contributed by atoms with van der Waals surface area (Å²) in [5.41, 5.74) is 2.09. The van der Waals surface area contributed by atoms with Gasteiger partial charge in [-0.1, -0.05) is 25.4 Å². The lowest BCUT2D eigenvalue weighted by Gasteiger charge is -2.36. The molecule has 0 aromatic heterocycles. The number of hydrogen-bond donors (Lipinski definition) is 1. The van der Waals surface area contributed by atoms with E-state index in [1.54, 1.807) is 37.4 Å². The van der Waals surface area contributed by atoms with Gasteiger partial charge >= 0.3 is 0 Å². The Labute approximate surface area is 182 Å². The predicted octanol–water partition coefficient (Wildman–Crippen LogP) is 4.30. The lowest BCUT2D eigenvalue weighted by molar-refractivity contribution is -0.132. The van der Waals surface area contributed by atoms with E-state index in [0.29, 0.717) is 47.5 Å². The molecule has 160 valence electrons. The highest BCUT2D eigenvalue weighted by Crippen LogP contribution is 2.30. The molecular formula is C23H28ClN3O3. The zero-order valence-corrected chi connectivity index (χ0v) is 18.4. The Hall–Kier alpha value is -2.73. The Morgan fingerprint density at radius 2 is 1.73 bits per heavy atom. The molecule has 1 aliphatic rings. The maximum atomic E-state index is 12.4. The van der Waals surface area contributed by atoms with Crippen molar-refractivity contribution in [1.82, 2.24) is 4.90 Å². The number of amides is 2. The molecule has 0 bridgehead atoms. The van der Waals surface area contributed by atoms with Crippen LogP contribution in [0.3, 0.4) is 0 Å². The zero-order chi connectivity index (χ0) is 21.7. The number of nitrogens with zero attached hydrogens (tertiary/aromatic N) is 2. The lowest BCUT2D eigenvalue weighted by atomic mass is 10.1. The van der Waals surface area contributed by atoms with Crippen molar-refractivity contribution in [3.05, 3.63) is 53.1 Å². The van der Waals surface area contributed by atoms with Crippen molar-refractivity contribution in [3.8, 4) is 5.75 Å². The van der Waals surface area contributed by atoms with Crippen LogP contribution in [-0.4, -0.2) is 50.0 Å². The number of ether oxygens (including phenoxy) is 1. The van der Waals surface area contributed by atoms with E-state index in [1.165, 1.54) is 0 Å². The largest absolute Gasteiger partial charge is 0.497 e. The van der Waals surface area contributed by atoms with Crippen molar-refractivity contribution < 1.29 is 14.3 Å². The van der Waals surface area contributed by atoms with Crippen LogP contribution in [0.4, 0.5) is 11.4 Å². The Morgan fingerprint density at radius 3 is 2.30 bits per heavy atom. The molecule has 1 N–H and O–H groups in total. The summed E-state index contributed by atoms with van der Waals surface area (Å²) >= 11 is 6.51. The predicted molar refractivity (Wildman–Crippen MR) is 121 cm³/mol. The molecule has 6 nitrogen and oxygen atoms in total. The van der Waals surface area contributed by atoms with E-state index in [2.05, 4.69) is 24.1 Å². The minimum absolute atomic E-state index is 0.209. The number of anilines is 2. The summed E-state index contributed by atoms with van der Waals surface area (Å²) in [5, 5.41) is 3.44. The SMILES string of the molecule is COc1ccc(C(=O)Nc2ccc(N3CCN(C(=O)CC(C)C)CC3)c(Cl)c2)cc1. The van der Waals surface area contributed by atoms with Crippen LogP contribution < -0.4 is 15.0 Å². The fourth-order valence-electron chi connectivity index (χ4n) is 3.46. The highest BCUT2D eigenvalue weighted by molar-refractivity contribution is 6.33. The molecule has 2 aromatic rings. The van der Waals surface area contributed by atoms with Gasteiger partial charge < -0.3 is 19.9 Å². The van der Waals surface area contributed by atoms with E-state index < -0.39 is 0 Å². The van der Waals surface area contributed by atoms with Gasteiger partial charge in [-0.15, -0.1) is 0 Å². The van der Waals surface area contributed by atoms with Crippen LogP contribution >= 0.6 is 11.6 Å². The van der Waals surface area contributed by atoms with Gasteiger partial charge in [-0.05, 0) is 48.4 Å². The fraction of sp³-hybridized carbons (Fsp3) is 0.391. The molecule has 2 aromatic carbocycles. The lowest BCUT2D eigenvalue weighted by Crippen LogP contribution is -2.49. The van der Waals surface area contributed by atoms with Crippen molar-refractivity contribution in [2.75, 3.05) is 43.5 Å². The van der Waals surface area contributed by atoms with Crippen LogP contribution in [0.1, 0.15) is 30.6 Å². The summed E-state index contributed by atoms with van der Waals surface area (Å²) in [6.07, 6.45) is 0.587. The third-order valence-corrected chi connectivity index (χ3v) is 5.42. The number of nitrogens with one attached hydrogen (secondary N) is 1. The van der Waals surface area contributed by atoms with Crippen molar-refractivity contribution in [2.24, 2.45) is 5.92 Å². The molecule has 0 atom stereocenters. The normalized spacial score (nSPS) is 14.0. The number of methoxy groups -OCH3 is 1. The minimum Gasteiger partial charge on any atom is -0.497 e. The van der Waals surface area contributed by atoms with Gasteiger partial charge in [0.15, 0.2) is 0 Å². The number of halogens is 1. The average Bonchev–Trinajstić information content (AvgIpc) is 2.73. The Balaban J connectivity index is 1.60. The first-order valence-corrected chi connectivity index (χ1v) is 10.5. The van der Waals surface area contributed by atoms with Crippen LogP contribution in [0.25, 0.3) is 0 Å². The van der Waals surface area contributed by atoms with Gasteiger partial charge in [0.1, 0.15) is 5.75 Å². The number of carbonyl (C=O) groups excluding carboxylic acids is 2. The Bertz CT molecular complexity index is 891. The molecule has 1 fully saturated rings. The van der Waals surface area contributed by atoms with E-state index in [-0.39, 0.29) is 11.8 Å². The minimum atomic E-state index is -0.209. The van der Waals surface area contributed by atoms with Crippen LogP contribution in [0, 0.1) is 5.92 Å². The molecule has 30 heavy (non-hydrogen) atoms. The summed E-state index contributed by atoms with van der Waals surface area (Å²) in [4.78, 5) is 28.8. The molecule has 7 heteroatoms. The first-order chi connectivity index (χ1) is 14.4. The number of benzene rings is 2. The molecule has 2 amide bonds. The molecule has 1 aliphatic heterocycles. The van der Waals surface area contributed by atoms with E-state index in [0.717, 1.165) is 18.8 Å².